The lowest BCUT2D eigenvalue weighted by Gasteiger charge is -2.29. The molecule has 27 heavy (non-hydrogen) atoms. The largest absolute Gasteiger partial charge is 0.494 e. The van der Waals surface area contributed by atoms with Crippen molar-refractivity contribution in [1.29, 1.82) is 5.26 Å². The summed E-state index contributed by atoms with van der Waals surface area (Å²) in [4.78, 5) is 21.5. The molecule has 1 aromatic carbocycles. The quantitative estimate of drug-likeness (QED) is 0.780. The Hall–Kier alpha value is -3.59. The number of amides is 1. The number of nitrogens with one attached hydrogen (secondary N) is 1. The van der Waals surface area contributed by atoms with Crippen molar-refractivity contribution in [2.75, 3.05) is 13.7 Å². The molecule has 3 aromatic rings. The van der Waals surface area contributed by atoms with Gasteiger partial charge < -0.3 is 14.6 Å². The fourth-order valence-electron chi connectivity index (χ4n) is 3.43. The Balaban J connectivity index is 1.58. The van der Waals surface area contributed by atoms with E-state index in [9.17, 15) is 4.79 Å². The number of rotatable bonds is 3. The number of carbonyl (C=O) groups is 1. The SMILES string of the molecule is COc1cnccc1-c1ccc2c(c1)CCN(C(=O)c1cc(C#N)c[nH]1)C2. The van der Waals surface area contributed by atoms with E-state index in [-0.39, 0.29) is 5.91 Å². The van der Waals surface area contributed by atoms with E-state index in [0.29, 0.717) is 24.3 Å². The zero-order chi connectivity index (χ0) is 18.8. The van der Waals surface area contributed by atoms with E-state index in [4.69, 9.17) is 10.00 Å². The summed E-state index contributed by atoms with van der Waals surface area (Å²) >= 11 is 0. The van der Waals surface area contributed by atoms with Crippen LogP contribution < -0.4 is 4.74 Å². The van der Waals surface area contributed by atoms with Crippen LogP contribution in [0.5, 0.6) is 5.75 Å². The summed E-state index contributed by atoms with van der Waals surface area (Å²) < 4.78 is 5.41. The van der Waals surface area contributed by atoms with Gasteiger partial charge >= 0.3 is 0 Å². The minimum atomic E-state index is -0.0815. The maximum absolute atomic E-state index is 12.7. The molecule has 0 radical (unpaired) electrons. The number of nitrogens with zero attached hydrogens (tertiary/aromatic N) is 3. The molecule has 1 aliphatic rings. The Kier molecular flexibility index (Phi) is 4.35. The van der Waals surface area contributed by atoms with Crippen molar-refractivity contribution < 1.29 is 9.53 Å². The van der Waals surface area contributed by atoms with Gasteiger partial charge in [0.15, 0.2) is 0 Å². The molecule has 6 heteroatoms. The first kappa shape index (κ1) is 16.9. The Morgan fingerprint density at radius 2 is 2.19 bits per heavy atom. The molecule has 6 nitrogen and oxygen atoms in total. The first-order valence-corrected chi connectivity index (χ1v) is 8.67. The molecule has 0 bridgehead atoms. The molecule has 0 aliphatic carbocycles. The highest BCUT2D eigenvalue weighted by atomic mass is 16.5. The van der Waals surface area contributed by atoms with Gasteiger partial charge in [-0.15, -0.1) is 0 Å². The first-order valence-electron chi connectivity index (χ1n) is 8.67. The normalized spacial score (nSPS) is 13.0. The minimum absolute atomic E-state index is 0.0815. The van der Waals surface area contributed by atoms with E-state index in [1.807, 2.05) is 23.1 Å². The van der Waals surface area contributed by atoms with E-state index in [0.717, 1.165) is 28.9 Å². The molecule has 1 N–H and O–H groups in total. The summed E-state index contributed by atoms with van der Waals surface area (Å²) in [6.07, 6.45) is 5.80. The Labute approximate surface area is 157 Å². The molecular weight excluding hydrogens is 340 g/mol. The summed E-state index contributed by atoms with van der Waals surface area (Å²) in [6.45, 7) is 1.20. The number of hydrogen-bond acceptors (Lipinski definition) is 4. The predicted molar refractivity (Wildman–Crippen MR) is 100 cm³/mol. The average Bonchev–Trinajstić information content (AvgIpc) is 3.21. The molecule has 2 aromatic heterocycles. The van der Waals surface area contributed by atoms with Gasteiger partial charge in [0, 0.05) is 31.0 Å². The molecule has 0 fully saturated rings. The molecule has 0 spiro atoms. The maximum atomic E-state index is 12.7. The average molecular weight is 358 g/mol. The molecule has 134 valence electrons. The molecule has 3 heterocycles. The monoisotopic (exact) mass is 358 g/mol. The maximum Gasteiger partial charge on any atom is 0.270 e. The zero-order valence-electron chi connectivity index (χ0n) is 14.9. The van der Waals surface area contributed by atoms with Crippen molar-refractivity contribution in [2.45, 2.75) is 13.0 Å². The van der Waals surface area contributed by atoms with Crippen LogP contribution in [0.4, 0.5) is 0 Å². The molecule has 0 saturated carbocycles. The van der Waals surface area contributed by atoms with Crippen LogP contribution in [0.15, 0.2) is 48.9 Å². The smallest absolute Gasteiger partial charge is 0.270 e. The highest BCUT2D eigenvalue weighted by Crippen LogP contribution is 2.32. The number of ether oxygens (including phenoxy) is 1. The Morgan fingerprint density at radius 1 is 1.30 bits per heavy atom. The molecule has 0 unspecified atom stereocenters. The summed E-state index contributed by atoms with van der Waals surface area (Å²) in [5, 5.41) is 8.92. The lowest BCUT2D eigenvalue weighted by Crippen LogP contribution is -2.36. The Bertz CT molecular complexity index is 1050. The number of fused-ring (bicyclic) bond motifs is 1. The highest BCUT2D eigenvalue weighted by Gasteiger charge is 2.23. The molecule has 1 amide bonds. The summed E-state index contributed by atoms with van der Waals surface area (Å²) in [5.74, 6) is 0.659. The van der Waals surface area contributed by atoms with Gasteiger partial charge in [0.05, 0.1) is 18.9 Å². The van der Waals surface area contributed by atoms with E-state index in [2.05, 4.69) is 22.1 Å². The number of carbonyl (C=O) groups excluding carboxylic acids is 1. The number of hydrogen-bond donors (Lipinski definition) is 1. The van der Waals surface area contributed by atoms with Gasteiger partial charge in [-0.1, -0.05) is 18.2 Å². The number of aromatic amines is 1. The fourth-order valence-corrected chi connectivity index (χ4v) is 3.43. The second kappa shape index (κ2) is 6.96. The van der Waals surface area contributed by atoms with Gasteiger partial charge in [0.1, 0.15) is 17.5 Å². The lowest BCUT2D eigenvalue weighted by atomic mass is 9.94. The van der Waals surface area contributed by atoms with Gasteiger partial charge in [0.25, 0.3) is 5.91 Å². The van der Waals surface area contributed by atoms with Gasteiger partial charge in [0.2, 0.25) is 0 Å². The van der Waals surface area contributed by atoms with Gasteiger partial charge in [-0.25, -0.2) is 0 Å². The number of H-pyrrole nitrogens is 1. The van der Waals surface area contributed by atoms with Crippen LogP contribution in [0.1, 0.15) is 27.2 Å². The van der Waals surface area contributed by atoms with Gasteiger partial charge in [-0.2, -0.15) is 5.26 Å². The number of pyridine rings is 1. The van der Waals surface area contributed by atoms with Crippen molar-refractivity contribution in [3.05, 3.63) is 71.3 Å². The standard InChI is InChI=1S/C21H18N4O2/c1-27-20-12-23-6-4-18(20)16-2-3-17-13-25(7-5-15(17)9-16)21(26)19-8-14(10-22)11-24-19/h2-4,6,8-9,11-12,24H,5,7,13H2,1H3. The van der Waals surface area contributed by atoms with Crippen molar-refractivity contribution in [2.24, 2.45) is 0 Å². The number of benzene rings is 1. The Morgan fingerprint density at radius 3 is 2.96 bits per heavy atom. The third-order valence-electron chi connectivity index (χ3n) is 4.86. The van der Waals surface area contributed by atoms with Crippen LogP contribution in [-0.2, 0) is 13.0 Å². The van der Waals surface area contributed by atoms with Crippen LogP contribution in [0, 0.1) is 11.3 Å². The second-order valence-electron chi connectivity index (χ2n) is 6.45. The van der Waals surface area contributed by atoms with Gasteiger partial charge in [-0.3, -0.25) is 9.78 Å². The van der Waals surface area contributed by atoms with Crippen molar-refractivity contribution in [1.82, 2.24) is 14.9 Å². The number of aromatic nitrogens is 2. The van der Waals surface area contributed by atoms with Crippen LogP contribution in [0.3, 0.4) is 0 Å². The van der Waals surface area contributed by atoms with Crippen LogP contribution in [-0.4, -0.2) is 34.4 Å². The van der Waals surface area contributed by atoms with Crippen molar-refractivity contribution in [3.63, 3.8) is 0 Å². The zero-order valence-corrected chi connectivity index (χ0v) is 14.9. The van der Waals surface area contributed by atoms with Crippen molar-refractivity contribution >= 4 is 5.91 Å². The van der Waals surface area contributed by atoms with Crippen LogP contribution in [0.25, 0.3) is 11.1 Å². The molecule has 0 atom stereocenters. The van der Waals surface area contributed by atoms with E-state index < -0.39 is 0 Å². The molecular formula is C21H18N4O2. The minimum Gasteiger partial charge on any atom is -0.494 e. The molecule has 1 aliphatic heterocycles. The second-order valence-corrected chi connectivity index (χ2v) is 6.45. The fraction of sp³-hybridized carbons (Fsp3) is 0.190. The molecule has 0 saturated heterocycles. The van der Waals surface area contributed by atoms with Crippen LogP contribution in [0.2, 0.25) is 0 Å². The topological polar surface area (TPSA) is 82.0 Å². The first-order chi connectivity index (χ1) is 13.2. The highest BCUT2D eigenvalue weighted by molar-refractivity contribution is 5.93. The van der Waals surface area contributed by atoms with E-state index >= 15 is 0 Å². The van der Waals surface area contributed by atoms with Gasteiger partial charge in [-0.05, 0) is 35.2 Å². The van der Waals surface area contributed by atoms with E-state index in [1.54, 1.807) is 31.8 Å². The third-order valence-corrected chi connectivity index (χ3v) is 4.86. The lowest BCUT2D eigenvalue weighted by molar-refractivity contribution is 0.0729. The number of methoxy groups -OCH3 is 1. The summed E-state index contributed by atoms with van der Waals surface area (Å²) in [7, 11) is 1.64. The molecule has 4 rings (SSSR count). The van der Waals surface area contributed by atoms with E-state index in [1.165, 1.54) is 5.56 Å². The van der Waals surface area contributed by atoms with Crippen LogP contribution >= 0.6 is 0 Å². The van der Waals surface area contributed by atoms with Crippen molar-refractivity contribution in [3.8, 4) is 22.9 Å². The summed E-state index contributed by atoms with van der Waals surface area (Å²) in [6, 6.07) is 11.9. The predicted octanol–water partition coefficient (Wildman–Crippen LogP) is 3.16. The third kappa shape index (κ3) is 3.15. The summed E-state index contributed by atoms with van der Waals surface area (Å²) in [5.41, 5.74) is 5.37. The number of nitriles is 1.